The third-order valence-corrected chi connectivity index (χ3v) is 5.15. The maximum absolute atomic E-state index is 13.4. The molecule has 2 heterocycles. The van der Waals surface area contributed by atoms with Crippen LogP contribution in [0.1, 0.15) is 48.2 Å². The van der Waals surface area contributed by atoms with Gasteiger partial charge in [0.15, 0.2) is 0 Å². The Morgan fingerprint density at radius 1 is 1.15 bits per heavy atom. The number of aryl methyl sites for hydroxylation is 1. The number of hydrogen-bond donors (Lipinski definition) is 0. The number of hydrogen-bond acceptors (Lipinski definition) is 3. The zero-order chi connectivity index (χ0) is 18.8. The van der Waals surface area contributed by atoms with Crippen LogP contribution >= 0.6 is 0 Å². The molecule has 27 heavy (non-hydrogen) atoms. The van der Waals surface area contributed by atoms with Crippen molar-refractivity contribution in [1.82, 2.24) is 9.55 Å². The quantitative estimate of drug-likeness (QED) is 0.677. The Hall–Kier alpha value is -2.82. The largest absolute Gasteiger partial charge is 0.268 e. The topological polar surface area (TPSA) is 47.2 Å². The molecule has 0 N–H and O–H groups in total. The standard InChI is InChI=1S/C22H22FN3O/c1-15-19(13-16-10-11-17(23)14-20(16)24-15)22(27)26-12-6-5-9-21(26)25-18-7-3-2-4-8-18/h5-6,9-14,18H,2-4,7-8H2,1H3. The van der Waals surface area contributed by atoms with Crippen molar-refractivity contribution >= 4 is 16.8 Å². The molecule has 4 nitrogen and oxygen atoms in total. The molecular formula is C22H22FN3O. The van der Waals surface area contributed by atoms with E-state index in [4.69, 9.17) is 4.99 Å². The fourth-order valence-electron chi connectivity index (χ4n) is 3.69. The third-order valence-electron chi connectivity index (χ3n) is 5.15. The molecule has 1 fully saturated rings. The summed E-state index contributed by atoms with van der Waals surface area (Å²) in [7, 11) is 0. The van der Waals surface area contributed by atoms with Crippen LogP contribution in [-0.4, -0.2) is 21.5 Å². The van der Waals surface area contributed by atoms with Crippen molar-refractivity contribution in [3.63, 3.8) is 0 Å². The summed E-state index contributed by atoms with van der Waals surface area (Å²) >= 11 is 0. The minimum Gasteiger partial charge on any atom is -0.268 e. The summed E-state index contributed by atoms with van der Waals surface area (Å²) in [6.07, 6.45) is 7.55. The molecule has 0 unspecified atom stereocenters. The van der Waals surface area contributed by atoms with Crippen LogP contribution in [0, 0.1) is 12.7 Å². The lowest BCUT2D eigenvalue weighted by atomic mass is 9.96. The predicted molar refractivity (Wildman–Crippen MR) is 103 cm³/mol. The fraction of sp³-hybridized carbons (Fsp3) is 0.318. The number of benzene rings is 1. The van der Waals surface area contributed by atoms with E-state index in [-0.39, 0.29) is 17.8 Å². The van der Waals surface area contributed by atoms with Gasteiger partial charge >= 0.3 is 0 Å². The lowest BCUT2D eigenvalue weighted by Crippen LogP contribution is -2.29. The van der Waals surface area contributed by atoms with Crippen molar-refractivity contribution in [3.05, 3.63) is 71.2 Å². The van der Waals surface area contributed by atoms with E-state index >= 15 is 0 Å². The molecule has 0 saturated heterocycles. The second-order valence-electron chi connectivity index (χ2n) is 7.11. The van der Waals surface area contributed by atoms with E-state index in [9.17, 15) is 9.18 Å². The molecule has 1 aliphatic rings. The number of halogens is 1. The minimum atomic E-state index is -0.334. The molecule has 4 rings (SSSR count). The van der Waals surface area contributed by atoms with Crippen LogP contribution in [0.25, 0.3) is 10.9 Å². The molecule has 138 valence electrons. The Bertz CT molecular complexity index is 1060. The number of pyridine rings is 2. The molecule has 0 bridgehead atoms. The third kappa shape index (κ3) is 3.68. The van der Waals surface area contributed by atoms with Crippen LogP contribution in [-0.2, 0) is 0 Å². The van der Waals surface area contributed by atoms with Gasteiger partial charge in [-0.2, -0.15) is 0 Å². The summed E-state index contributed by atoms with van der Waals surface area (Å²) in [4.78, 5) is 22.5. The Morgan fingerprint density at radius 2 is 1.96 bits per heavy atom. The Labute approximate surface area is 157 Å². The molecule has 1 aliphatic carbocycles. The highest BCUT2D eigenvalue weighted by atomic mass is 19.1. The Balaban J connectivity index is 1.77. The maximum Gasteiger partial charge on any atom is 0.265 e. The second kappa shape index (κ2) is 7.43. The van der Waals surface area contributed by atoms with Gasteiger partial charge in [0.05, 0.1) is 22.8 Å². The average molecular weight is 363 g/mol. The van der Waals surface area contributed by atoms with Gasteiger partial charge in [-0.1, -0.05) is 25.3 Å². The summed E-state index contributed by atoms with van der Waals surface area (Å²) in [6.45, 7) is 1.78. The number of carbonyl (C=O) groups is 1. The molecule has 5 heteroatoms. The normalized spacial score (nSPS) is 16.0. The number of carbonyl (C=O) groups excluding carboxylic acids is 1. The lowest BCUT2D eigenvalue weighted by molar-refractivity contribution is 0.0953. The van der Waals surface area contributed by atoms with Crippen molar-refractivity contribution in [1.29, 1.82) is 0 Å². The molecule has 1 aromatic carbocycles. The first-order valence-corrected chi connectivity index (χ1v) is 9.45. The SMILES string of the molecule is Cc1nc2cc(F)ccc2cc1C(=O)n1ccccc1=NC1CCCCC1. The molecule has 2 aromatic heterocycles. The second-order valence-corrected chi connectivity index (χ2v) is 7.11. The smallest absolute Gasteiger partial charge is 0.265 e. The van der Waals surface area contributed by atoms with Crippen molar-refractivity contribution in [2.75, 3.05) is 0 Å². The molecule has 0 spiro atoms. The van der Waals surface area contributed by atoms with Gasteiger partial charge < -0.3 is 0 Å². The van der Waals surface area contributed by atoms with Gasteiger partial charge in [-0.25, -0.2) is 4.39 Å². The van der Waals surface area contributed by atoms with Crippen LogP contribution in [0.2, 0.25) is 0 Å². The number of rotatable bonds is 2. The van der Waals surface area contributed by atoms with Crippen LogP contribution in [0.5, 0.6) is 0 Å². The summed E-state index contributed by atoms with van der Waals surface area (Å²) in [5.41, 5.74) is 2.31. The van der Waals surface area contributed by atoms with E-state index in [0.717, 1.165) is 18.2 Å². The number of nitrogens with zero attached hydrogens (tertiary/aromatic N) is 3. The van der Waals surface area contributed by atoms with Crippen LogP contribution in [0.4, 0.5) is 4.39 Å². The highest BCUT2D eigenvalue weighted by Gasteiger charge is 2.16. The van der Waals surface area contributed by atoms with E-state index in [0.29, 0.717) is 22.3 Å². The molecule has 0 atom stereocenters. The maximum atomic E-state index is 13.4. The van der Waals surface area contributed by atoms with Gasteiger partial charge in [0.1, 0.15) is 11.3 Å². The van der Waals surface area contributed by atoms with Crippen molar-refractivity contribution in [2.45, 2.75) is 45.1 Å². The van der Waals surface area contributed by atoms with E-state index in [1.165, 1.54) is 31.4 Å². The lowest BCUT2D eigenvalue weighted by Gasteiger charge is -2.18. The Kier molecular flexibility index (Phi) is 4.84. The minimum absolute atomic E-state index is 0.165. The first-order valence-electron chi connectivity index (χ1n) is 9.45. The summed E-state index contributed by atoms with van der Waals surface area (Å²) in [6, 6.07) is 12.1. The van der Waals surface area contributed by atoms with Gasteiger partial charge in [0.2, 0.25) is 0 Å². The average Bonchev–Trinajstić information content (AvgIpc) is 2.68. The van der Waals surface area contributed by atoms with Gasteiger partial charge in [0, 0.05) is 17.6 Å². The van der Waals surface area contributed by atoms with Crippen molar-refractivity contribution < 1.29 is 9.18 Å². The highest BCUT2D eigenvalue weighted by Crippen LogP contribution is 2.20. The monoisotopic (exact) mass is 363 g/mol. The highest BCUT2D eigenvalue weighted by molar-refractivity contribution is 5.99. The molecule has 0 aliphatic heterocycles. The zero-order valence-corrected chi connectivity index (χ0v) is 15.4. The van der Waals surface area contributed by atoms with Gasteiger partial charge in [-0.05, 0) is 50.1 Å². The first-order chi connectivity index (χ1) is 13.1. The zero-order valence-electron chi connectivity index (χ0n) is 15.4. The van der Waals surface area contributed by atoms with E-state index in [1.807, 2.05) is 18.2 Å². The van der Waals surface area contributed by atoms with Crippen LogP contribution in [0.3, 0.4) is 0 Å². The molecular weight excluding hydrogens is 341 g/mol. The molecule has 0 radical (unpaired) electrons. The first kappa shape index (κ1) is 17.6. The fourth-order valence-corrected chi connectivity index (χ4v) is 3.69. The van der Waals surface area contributed by atoms with Crippen molar-refractivity contribution in [2.24, 2.45) is 4.99 Å². The van der Waals surface area contributed by atoms with Gasteiger partial charge in [-0.3, -0.25) is 19.3 Å². The number of fused-ring (bicyclic) bond motifs is 1. The van der Waals surface area contributed by atoms with E-state index in [1.54, 1.807) is 29.8 Å². The van der Waals surface area contributed by atoms with Gasteiger partial charge in [0.25, 0.3) is 5.91 Å². The molecule has 3 aromatic rings. The summed E-state index contributed by atoms with van der Waals surface area (Å²) in [5, 5.41) is 0.743. The summed E-state index contributed by atoms with van der Waals surface area (Å²) in [5.74, 6) is -0.499. The van der Waals surface area contributed by atoms with E-state index < -0.39 is 0 Å². The predicted octanol–water partition coefficient (Wildman–Crippen LogP) is 4.41. The van der Waals surface area contributed by atoms with Crippen molar-refractivity contribution in [3.8, 4) is 0 Å². The summed E-state index contributed by atoms with van der Waals surface area (Å²) < 4.78 is 15.0. The van der Waals surface area contributed by atoms with Crippen LogP contribution in [0.15, 0.2) is 53.7 Å². The van der Waals surface area contributed by atoms with E-state index in [2.05, 4.69) is 4.98 Å². The Morgan fingerprint density at radius 3 is 2.78 bits per heavy atom. The number of aromatic nitrogens is 2. The molecule has 0 amide bonds. The van der Waals surface area contributed by atoms with Gasteiger partial charge in [-0.15, -0.1) is 0 Å². The molecule has 1 saturated carbocycles. The van der Waals surface area contributed by atoms with Crippen LogP contribution < -0.4 is 5.49 Å².